The monoisotopic (exact) mass is 445 g/mol. The molecule has 1 amide bonds. The largest absolute Gasteiger partial charge is 0.325 e. The predicted molar refractivity (Wildman–Crippen MR) is 114 cm³/mol. The van der Waals surface area contributed by atoms with Gasteiger partial charge < -0.3 is 5.32 Å². The van der Waals surface area contributed by atoms with Crippen molar-refractivity contribution in [2.45, 2.75) is 50.6 Å². The van der Waals surface area contributed by atoms with E-state index in [1.165, 1.54) is 23.5 Å². The highest BCUT2D eigenvalue weighted by molar-refractivity contribution is 7.91. The van der Waals surface area contributed by atoms with Crippen molar-refractivity contribution in [1.82, 2.24) is 9.21 Å². The zero-order valence-corrected chi connectivity index (χ0v) is 19.1. The maximum Gasteiger partial charge on any atom is 0.243 e. The van der Waals surface area contributed by atoms with Crippen LogP contribution in [0, 0.1) is 0 Å². The number of nitrogens with one attached hydrogen (secondary N) is 1. The fraction of sp³-hybridized carbons (Fsp3) is 0.632. The maximum atomic E-state index is 12.5. The summed E-state index contributed by atoms with van der Waals surface area (Å²) in [6.45, 7) is 6.33. The number of hydrogen-bond donors (Lipinski definition) is 1. The lowest BCUT2D eigenvalue weighted by Gasteiger charge is -2.26. The number of benzene rings is 1. The normalized spacial score (nSPS) is 19.2. The van der Waals surface area contributed by atoms with E-state index in [2.05, 4.69) is 5.32 Å². The smallest absolute Gasteiger partial charge is 0.243 e. The Morgan fingerprint density at radius 3 is 2.34 bits per heavy atom. The molecule has 1 heterocycles. The topological polar surface area (TPSA) is 104 Å². The molecule has 0 bridgehead atoms. The van der Waals surface area contributed by atoms with Crippen LogP contribution in [0.2, 0.25) is 0 Å². The minimum absolute atomic E-state index is 0.0935. The molecule has 10 heteroatoms. The average molecular weight is 446 g/mol. The lowest BCUT2D eigenvalue weighted by molar-refractivity contribution is -0.117. The number of rotatable bonds is 9. The molecule has 1 aliphatic heterocycles. The van der Waals surface area contributed by atoms with Gasteiger partial charge >= 0.3 is 0 Å². The second kappa shape index (κ2) is 9.55. The van der Waals surface area contributed by atoms with Gasteiger partial charge in [0.25, 0.3) is 0 Å². The van der Waals surface area contributed by atoms with Crippen LogP contribution in [0.4, 0.5) is 5.69 Å². The highest BCUT2D eigenvalue weighted by atomic mass is 32.2. The Morgan fingerprint density at radius 2 is 1.86 bits per heavy atom. The molecule has 1 fully saturated rings. The van der Waals surface area contributed by atoms with Gasteiger partial charge in [0.2, 0.25) is 15.9 Å². The number of sulfonamides is 1. The van der Waals surface area contributed by atoms with Gasteiger partial charge in [-0.3, -0.25) is 9.69 Å². The molecule has 0 aliphatic carbocycles. The molecule has 0 saturated carbocycles. The van der Waals surface area contributed by atoms with Crippen LogP contribution in [0.15, 0.2) is 29.2 Å². The third kappa shape index (κ3) is 6.24. The molecule has 1 aromatic carbocycles. The molecule has 0 radical (unpaired) electrons. The van der Waals surface area contributed by atoms with E-state index in [9.17, 15) is 21.6 Å². The van der Waals surface area contributed by atoms with Crippen LogP contribution in [-0.2, 0) is 24.7 Å². The number of hydrogen-bond acceptors (Lipinski definition) is 6. The molecule has 1 saturated heterocycles. The first kappa shape index (κ1) is 23.8. The highest BCUT2D eigenvalue weighted by Crippen LogP contribution is 2.20. The Morgan fingerprint density at radius 1 is 1.24 bits per heavy atom. The molecular formula is C19H31N3O5S2. The number of anilines is 1. The third-order valence-corrected chi connectivity index (χ3v) is 8.92. The van der Waals surface area contributed by atoms with Crippen molar-refractivity contribution < 1.29 is 21.6 Å². The van der Waals surface area contributed by atoms with E-state index >= 15 is 0 Å². The molecule has 0 aromatic heterocycles. The fourth-order valence-electron chi connectivity index (χ4n) is 3.28. The summed E-state index contributed by atoms with van der Waals surface area (Å²) in [5.74, 6) is 0.00821. The van der Waals surface area contributed by atoms with Crippen molar-refractivity contribution in [3.8, 4) is 0 Å². The second-order valence-electron chi connectivity index (χ2n) is 7.71. The van der Waals surface area contributed by atoms with Gasteiger partial charge in [-0.25, -0.2) is 16.8 Å². The number of amides is 1. The summed E-state index contributed by atoms with van der Waals surface area (Å²) in [6.07, 6.45) is 1.37. The summed E-state index contributed by atoms with van der Waals surface area (Å²) < 4.78 is 49.8. The van der Waals surface area contributed by atoms with Crippen LogP contribution in [0.5, 0.6) is 0 Å². The van der Waals surface area contributed by atoms with Crippen molar-refractivity contribution >= 4 is 31.5 Å². The molecule has 1 unspecified atom stereocenters. The van der Waals surface area contributed by atoms with E-state index in [1.807, 2.05) is 11.8 Å². The molecule has 2 rings (SSSR count). The molecule has 1 N–H and O–H groups in total. The molecule has 29 heavy (non-hydrogen) atoms. The summed E-state index contributed by atoms with van der Waals surface area (Å²) in [5.41, 5.74) is 0.497. The Balaban J connectivity index is 2.03. The fourth-order valence-corrected chi connectivity index (χ4v) is 6.41. The van der Waals surface area contributed by atoms with Crippen molar-refractivity contribution in [2.75, 3.05) is 37.0 Å². The van der Waals surface area contributed by atoms with E-state index in [4.69, 9.17) is 0 Å². The third-order valence-electron chi connectivity index (χ3n) is 5.12. The molecule has 1 aromatic rings. The number of carbonyl (C=O) groups is 1. The van der Waals surface area contributed by atoms with Crippen molar-refractivity contribution in [3.05, 3.63) is 24.3 Å². The van der Waals surface area contributed by atoms with Crippen LogP contribution in [0.3, 0.4) is 0 Å². The summed E-state index contributed by atoms with van der Waals surface area (Å²) in [7, 11) is -5.07. The molecule has 1 atom stereocenters. The van der Waals surface area contributed by atoms with Gasteiger partial charge in [-0.05, 0) is 57.5 Å². The van der Waals surface area contributed by atoms with Gasteiger partial charge in [-0.15, -0.1) is 0 Å². The zero-order valence-electron chi connectivity index (χ0n) is 17.5. The molecule has 164 valence electrons. The summed E-state index contributed by atoms with van der Waals surface area (Å²) >= 11 is 0. The predicted octanol–water partition coefficient (Wildman–Crippen LogP) is 1.55. The van der Waals surface area contributed by atoms with E-state index in [0.29, 0.717) is 18.7 Å². The van der Waals surface area contributed by atoms with Crippen molar-refractivity contribution in [3.63, 3.8) is 0 Å². The summed E-state index contributed by atoms with van der Waals surface area (Å²) in [4.78, 5) is 14.5. The Labute approximate surface area is 174 Å². The number of carbonyl (C=O) groups excluding carboxylic acids is 1. The van der Waals surface area contributed by atoms with Crippen LogP contribution >= 0.6 is 0 Å². The minimum atomic E-state index is -3.58. The SMILES string of the molecule is CCCN(CC(=O)Nc1ccc(S(=O)(=O)N(C)C(C)C)cc1)C1CCS(=O)(=O)C1. The van der Waals surface area contributed by atoms with Crippen molar-refractivity contribution in [1.29, 1.82) is 0 Å². The molecule has 8 nitrogen and oxygen atoms in total. The van der Waals surface area contributed by atoms with Gasteiger partial charge in [-0.2, -0.15) is 4.31 Å². The first-order valence-corrected chi connectivity index (χ1v) is 13.0. The van der Waals surface area contributed by atoms with Crippen LogP contribution < -0.4 is 5.32 Å². The first-order chi connectivity index (χ1) is 13.5. The minimum Gasteiger partial charge on any atom is -0.325 e. The zero-order chi connectivity index (χ0) is 21.8. The van der Waals surface area contributed by atoms with E-state index in [1.54, 1.807) is 26.0 Å². The Kier molecular flexibility index (Phi) is 7.83. The highest BCUT2D eigenvalue weighted by Gasteiger charge is 2.32. The van der Waals surface area contributed by atoms with Gasteiger partial charge in [0, 0.05) is 24.8 Å². The number of sulfone groups is 1. The number of nitrogens with zero attached hydrogens (tertiary/aromatic N) is 2. The molecular weight excluding hydrogens is 414 g/mol. The van der Waals surface area contributed by atoms with Crippen LogP contribution in [0.1, 0.15) is 33.6 Å². The van der Waals surface area contributed by atoms with Gasteiger partial charge in [-0.1, -0.05) is 6.92 Å². The van der Waals surface area contributed by atoms with E-state index in [-0.39, 0.29) is 40.9 Å². The van der Waals surface area contributed by atoms with E-state index in [0.717, 1.165) is 6.42 Å². The van der Waals surface area contributed by atoms with Gasteiger partial charge in [0.15, 0.2) is 9.84 Å². The first-order valence-electron chi connectivity index (χ1n) is 9.78. The Hall–Kier alpha value is -1.49. The average Bonchev–Trinajstić information content (AvgIpc) is 3.00. The standard InChI is InChI=1S/C19H31N3O5S2/c1-5-11-22(17-10-12-28(24,25)14-17)13-19(23)20-16-6-8-18(9-7-16)29(26,27)21(4)15(2)3/h6-9,15,17H,5,10-14H2,1-4H3,(H,20,23). The van der Waals surface area contributed by atoms with Gasteiger partial charge in [0.1, 0.15) is 0 Å². The van der Waals surface area contributed by atoms with Crippen LogP contribution in [0.25, 0.3) is 0 Å². The molecule has 1 aliphatic rings. The van der Waals surface area contributed by atoms with Crippen molar-refractivity contribution in [2.24, 2.45) is 0 Å². The summed E-state index contributed by atoms with van der Waals surface area (Å²) in [6, 6.07) is 5.76. The van der Waals surface area contributed by atoms with Crippen LogP contribution in [-0.4, -0.2) is 75.7 Å². The summed E-state index contributed by atoms with van der Waals surface area (Å²) in [5, 5.41) is 2.77. The Bertz CT molecular complexity index is 912. The lowest BCUT2D eigenvalue weighted by Crippen LogP contribution is -2.42. The second-order valence-corrected chi connectivity index (χ2v) is 11.9. The quantitative estimate of drug-likeness (QED) is 0.619. The molecule has 0 spiro atoms. The van der Waals surface area contributed by atoms with Gasteiger partial charge in [0.05, 0.1) is 22.9 Å². The van der Waals surface area contributed by atoms with E-state index < -0.39 is 19.9 Å². The maximum absolute atomic E-state index is 12.5. The lowest BCUT2D eigenvalue weighted by atomic mass is 10.2.